The lowest BCUT2D eigenvalue weighted by Crippen LogP contribution is -2.48. The molecule has 1 amide bonds. The number of anilines is 1. The van der Waals surface area contributed by atoms with E-state index in [1.165, 1.54) is 0 Å². The van der Waals surface area contributed by atoms with Gasteiger partial charge in [0, 0.05) is 31.6 Å². The number of hydrogen-bond donors (Lipinski definition) is 2. The molecule has 2 unspecified atom stereocenters. The first-order chi connectivity index (χ1) is 12.6. The number of hydrazine groups is 1. The van der Waals surface area contributed by atoms with E-state index >= 15 is 0 Å². The molecule has 4 rings (SSSR count). The molecule has 8 heteroatoms. The number of hydrogen-bond acceptors (Lipinski definition) is 6. The summed E-state index contributed by atoms with van der Waals surface area (Å²) in [6.45, 7) is 4.31. The summed E-state index contributed by atoms with van der Waals surface area (Å²) >= 11 is 0. The van der Waals surface area contributed by atoms with Crippen molar-refractivity contribution in [3.63, 3.8) is 0 Å². The molecular weight excluding hydrogens is 334 g/mol. The third-order valence-electron chi connectivity index (χ3n) is 6.22. The van der Waals surface area contributed by atoms with Crippen LogP contribution in [-0.4, -0.2) is 47.3 Å². The van der Waals surface area contributed by atoms with Crippen LogP contribution in [0, 0.1) is 5.92 Å². The second-order valence-corrected chi connectivity index (χ2v) is 7.80. The highest BCUT2D eigenvalue weighted by atomic mass is 16.7. The lowest BCUT2D eigenvalue weighted by atomic mass is 9.90. The number of nitrogens with two attached hydrogens (primary N) is 1. The van der Waals surface area contributed by atoms with Crippen LogP contribution in [0.1, 0.15) is 51.5 Å². The van der Waals surface area contributed by atoms with E-state index in [-0.39, 0.29) is 17.6 Å². The number of rotatable bonds is 3. The van der Waals surface area contributed by atoms with Gasteiger partial charge in [0.1, 0.15) is 0 Å². The fourth-order valence-electron chi connectivity index (χ4n) is 4.57. The van der Waals surface area contributed by atoms with Gasteiger partial charge in [-0.3, -0.25) is 14.9 Å². The molecule has 0 aromatic carbocycles. The van der Waals surface area contributed by atoms with Crippen molar-refractivity contribution in [3.8, 4) is 0 Å². The van der Waals surface area contributed by atoms with E-state index < -0.39 is 0 Å². The third-order valence-corrected chi connectivity index (χ3v) is 6.22. The second-order valence-electron chi connectivity index (χ2n) is 7.80. The maximum atomic E-state index is 11.9. The Balaban J connectivity index is 1.41. The molecule has 3 aliphatic rings. The van der Waals surface area contributed by atoms with Crippen LogP contribution in [0.4, 0.5) is 5.69 Å². The van der Waals surface area contributed by atoms with Crippen molar-refractivity contribution in [3.05, 3.63) is 12.4 Å². The number of amides is 1. The fourth-order valence-corrected chi connectivity index (χ4v) is 4.57. The van der Waals surface area contributed by atoms with Crippen LogP contribution >= 0.6 is 0 Å². The van der Waals surface area contributed by atoms with E-state index in [9.17, 15) is 4.79 Å². The maximum absolute atomic E-state index is 11.9. The van der Waals surface area contributed by atoms with Gasteiger partial charge in [0.25, 0.3) is 0 Å². The van der Waals surface area contributed by atoms with E-state index in [2.05, 4.69) is 33.2 Å². The Bertz CT molecular complexity index is 633. The highest BCUT2D eigenvalue weighted by Crippen LogP contribution is 2.40. The average molecular weight is 363 g/mol. The average Bonchev–Trinajstić information content (AvgIpc) is 3.32. The molecule has 2 atom stereocenters. The largest absolute Gasteiger partial charge is 0.365 e. The SMILES string of the molecule is CC1CCC(C(=O)NN)CN1c1cnn(C2CCC3(CC2)OCCO3)c1. The van der Waals surface area contributed by atoms with Crippen LogP contribution < -0.4 is 16.2 Å². The first-order valence-corrected chi connectivity index (χ1v) is 9.69. The van der Waals surface area contributed by atoms with Gasteiger partial charge in [-0.05, 0) is 32.6 Å². The summed E-state index contributed by atoms with van der Waals surface area (Å²) in [5.41, 5.74) is 3.38. The first kappa shape index (κ1) is 17.8. The molecule has 1 spiro atoms. The Kier molecular flexibility index (Phi) is 4.90. The molecule has 1 aromatic rings. The second kappa shape index (κ2) is 7.17. The molecule has 3 fully saturated rings. The minimum absolute atomic E-state index is 0.0641. The van der Waals surface area contributed by atoms with Crippen LogP contribution in [0.5, 0.6) is 0 Å². The van der Waals surface area contributed by atoms with Crippen molar-refractivity contribution in [2.45, 2.75) is 63.3 Å². The lowest BCUT2D eigenvalue weighted by molar-refractivity contribution is -0.181. The molecule has 3 N–H and O–H groups in total. The molecule has 2 aliphatic heterocycles. The summed E-state index contributed by atoms with van der Waals surface area (Å²) in [7, 11) is 0. The van der Waals surface area contributed by atoms with Crippen molar-refractivity contribution in [1.29, 1.82) is 0 Å². The zero-order valence-electron chi connectivity index (χ0n) is 15.4. The van der Waals surface area contributed by atoms with Gasteiger partial charge in [0.2, 0.25) is 5.91 Å². The zero-order chi connectivity index (χ0) is 18.1. The molecule has 26 heavy (non-hydrogen) atoms. The monoisotopic (exact) mass is 363 g/mol. The molecule has 0 bridgehead atoms. The molecule has 1 aliphatic carbocycles. The summed E-state index contributed by atoms with van der Waals surface area (Å²) < 4.78 is 13.7. The maximum Gasteiger partial charge on any atom is 0.238 e. The van der Waals surface area contributed by atoms with Crippen LogP contribution in [0.25, 0.3) is 0 Å². The molecule has 144 valence electrons. The normalized spacial score (nSPS) is 29.2. The minimum Gasteiger partial charge on any atom is -0.365 e. The smallest absolute Gasteiger partial charge is 0.238 e. The van der Waals surface area contributed by atoms with Crippen LogP contribution in [-0.2, 0) is 14.3 Å². The summed E-state index contributed by atoms with van der Waals surface area (Å²) in [4.78, 5) is 14.2. The van der Waals surface area contributed by atoms with Gasteiger partial charge < -0.3 is 14.4 Å². The van der Waals surface area contributed by atoms with E-state index in [0.717, 1.165) is 44.2 Å². The van der Waals surface area contributed by atoms with Gasteiger partial charge >= 0.3 is 0 Å². The summed E-state index contributed by atoms with van der Waals surface area (Å²) in [6, 6.07) is 0.773. The Labute approximate surface area is 154 Å². The van der Waals surface area contributed by atoms with Crippen molar-refractivity contribution in [1.82, 2.24) is 15.2 Å². The van der Waals surface area contributed by atoms with Gasteiger partial charge in [-0.1, -0.05) is 0 Å². The molecule has 3 heterocycles. The van der Waals surface area contributed by atoms with Gasteiger partial charge in [-0.15, -0.1) is 0 Å². The predicted molar refractivity (Wildman–Crippen MR) is 96.2 cm³/mol. The van der Waals surface area contributed by atoms with Crippen molar-refractivity contribution in [2.24, 2.45) is 11.8 Å². The summed E-state index contributed by atoms with van der Waals surface area (Å²) in [5.74, 6) is 4.84. The van der Waals surface area contributed by atoms with Gasteiger partial charge in [-0.25, -0.2) is 5.84 Å². The predicted octanol–water partition coefficient (Wildman–Crippen LogP) is 1.34. The van der Waals surface area contributed by atoms with Crippen molar-refractivity contribution >= 4 is 11.6 Å². The third kappa shape index (κ3) is 3.33. The lowest BCUT2D eigenvalue weighted by Gasteiger charge is -2.38. The van der Waals surface area contributed by atoms with Crippen molar-refractivity contribution in [2.75, 3.05) is 24.7 Å². The van der Waals surface area contributed by atoms with Crippen molar-refractivity contribution < 1.29 is 14.3 Å². The van der Waals surface area contributed by atoms with Crippen LogP contribution in [0.2, 0.25) is 0 Å². The molecule has 8 nitrogen and oxygen atoms in total. The number of nitrogens with zero attached hydrogens (tertiary/aromatic N) is 3. The van der Waals surface area contributed by atoms with Gasteiger partial charge in [0.15, 0.2) is 5.79 Å². The first-order valence-electron chi connectivity index (χ1n) is 9.69. The van der Waals surface area contributed by atoms with Crippen LogP contribution in [0.15, 0.2) is 12.4 Å². The summed E-state index contributed by atoms with van der Waals surface area (Å²) in [5, 5.41) is 4.62. The molecule has 1 saturated carbocycles. The highest BCUT2D eigenvalue weighted by Gasteiger charge is 2.41. The number of carbonyl (C=O) groups excluding carboxylic acids is 1. The van der Waals surface area contributed by atoms with Crippen LogP contribution in [0.3, 0.4) is 0 Å². The van der Waals surface area contributed by atoms with Gasteiger partial charge in [0.05, 0.1) is 37.1 Å². The fraction of sp³-hybridized carbons (Fsp3) is 0.778. The summed E-state index contributed by atoms with van der Waals surface area (Å²) in [6.07, 6.45) is 9.76. The number of ether oxygens (including phenoxy) is 2. The Morgan fingerprint density at radius 3 is 2.69 bits per heavy atom. The Hall–Kier alpha value is -1.64. The Morgan fingerprint density at radius 2 is 2.00 bits per heavy atom. The standard InChI is InChI=1S/C18H29N5O3/c1-13-2-3-14(17(24)21-19)11-22(13)16-10-20-23(12-16)15-4-6-18(7-5-15)25-8-9-26-18/h10,12-15H,2-9,11,19H2,1H3,(H,21,24). The molecule has 1 aromatic heterocycles. The van der Waals surface area contributed by atoms with E-state index in [4.69, 9.17) is 15.3 Å². The highest BCUT2D eigenvalue weighted by molar-refractivity contribution is 5.79. The topological polar surface area (TPSA) is 94.6 Å². The van der Waals surface area contributed by atoms with E-state index in [1.54, 1.807) is 0 Å². The quantitative estimate of drug-likeness (QED) is 0.478. The molecule has 0 radical (unpaired) electrons. The zero-order valence-corrected chi connectivity index (χ0v) is 15.4. The number of carbonyl (C=O) groups is 1. The molecular formula is C18H29N5O3. The van der Waals surface area contributed by atoms with E-state index in [0.29, 0.717) is 31.8 Å². The minimum atomic E-state index is -0.337. The Morgan fingerprint density at radius 1 is 1.27 bits per heavy atom. The number of aromatic nitrogens is 2. The number of piperidine rings is 1. The molecule has 2 saturated heterocycles. The van der Waals surface area contributed by atoms with Gasteiger partial charge in [-0.2, -0.15) is 5.10 Å². The number of nitrogens with one attached hydrogen (secondary N) is 1. The van der Waals surface area contributed by atoms with E-state index in [1.807, 2.05) is 6.20 Å².